The molecule has 1 aromatic heterocycles. The number of nitrogens with one attached hydrogen (secondary N) is 3. The molecule has 2 heterocycles. The summed E-state index contributed by atoms with van der Waals surface area (Å²) in [5.41, 5.74) is 8.94. The predicted molar refractivity (Wildman–Crippen MR) is 125 cm³/mol. The van der Waals surface area contributed by atoms with Crippen molar-refractivity contribution < 1.29 is 18.0 Å². The standard InChI is InChI=1S/C22H22N6O4S/c1-33(31,32)12-13-5-7-14(8-6-13)26-22-25-11-17(19(23)29)20(28-22)27-18-4-2-3-16-15(18)9-10-24-21(16)30/h2-8,11H,9-10,12H2,1H3,(H2,23,29)(H,24,30)(H2,25,26,27,28). The molecule has 170 valence electrons. The number of nitrogens with two attached hydrogens (primary N) is 1. The minimum atomic E-state index is -3.13. The van der Waals surface area contributed by atoms with E-state index in [9.17, 15) is 18.0 Å². The molecular weight excluding hydrogens is 444 g/mol. The second-order valence-electron chi connectivity index (χ2n) is 7.67. The van der Waals surface area contributed by atoms with Crippen molar-refractivity contribution in [3.63, 3.8) is 0 Å². The number of amides is 2. The second-order valence-corrected chi connectivity index (χ2v) is 9.81. The zero-order valence-electron chi connectivity index (χ0n) is 17.8. The van der Waals surface area contributed by atoms with E-state index in [0.29, 0.717) is 35.5 Å². The minimum absolute atomic E-state index is 0.0510. The van der Waals surface area contributed by atoms with Crippen molar-refractivity contribution in [2.75, 3.05) is 23.4 Å². The summed E-state index contributed by atoms with van der Waals surface area (Å²) in [7, 11) is -3.13. The molecule has 3 aromatic rings. The van der Waals surface area contributed by atoms with Crippen LogP contribution in [0.1, 0.15) is 31.8 Å². The highest BCUT2D eigenvalue weighted by Crippen LogP contribution is 2.28. The van der Waals surface area contributed by atoms with Gasteiger partial charge in [0, 0.05) is 35.9 Å². The third-order valence-electron chi connectivity index (χ3n) is 5.03. The Morgan fingerprint density at radius 2 is 1.91 bits per heavy atom. The first-order valence-corrected chi connectivity index (χ1v) is 12.1. The number of primary amides is 1. The van der Waals surface area contributed by atoms with E-state index >= 15 is 0 Å². The number of hydrogen-bond donors (Lipinski definition) is 4. The lowest BCUT2D eigenvalue weighted by molar-refractivity contribution is 0.0944. The quantitative estimate of drug-likeness (QED) is 0.411. The highest BCUT2D eigenvalue weighted by Gasteiger charge is 2.21. The predicted octanol–water partition coefficient (Wildman–Crippen LogP) is 1.89. The molecule has 0 saturated heterocycles. The van der Waals surface area contributed by atoms with Crippen LogP contribution in [0.5, 0.6) is 0 Å². The Balaban J connectivity index is 1.61. The first kappa shape index (κ1) is 22.2. The molecule has 2 aromatic carbocycles. The molecular formula is C22H22N6O4S. The maximum Gasteiger partial charge on any atom is 0.254 e. The zero-order chi connectivity index (χ0) is 23.6. The van der Waals surface area contributed by atoms with Gasteiger partial charge in [-0.25, -0.2) is 13.4 Å². The summed E-state index contributed by atoms with van der Waals surface area (Å²) >= 11 is 0. The van der Waals surface area contributed by atoms with Gasteiger partial charge in [-0.05, 0) is 41.8 Å². The molecule has 0 atom stereocenters. The highest BCUT2D eigenvalue weighted by atomic mass is 32.2. The number of nitrogens with zero attached hydrogens (tertiary/aromatic N) is 2. The highest BCUT2D eigenvalue weighted by molar-refractivity contribution is 7.89. The second kappa shape index (κ2) is 8.87. The molecule has 5 N–H and O–H groups in total. The lowest BCUT2D eigenvalue weighted by Gasteiger charge is -2.20. The number of carbonyl (C=O) groups excluding carboxylic acids is 2. The van der Waals surface area contributed by atoms with Crippen LogP contribution in [-0.4, -0.2) is 43.0 Å². The number of sulfone groups is 1. The van der Waals surface area contributed by atoms with Crippen LogP contribution < -0.4 is 21.7 Å². The normalized spacial score (nSPS) is 13.1. The smallest absolute Gasteiger partial charge is 0.254 e. The van der Waals surface area contributed by atoms with Gasteiger partial charge in [-0.1, -0.05) is 18.2 Å². The number of anilines is 4. The van der Waals surface area contributed by atoms with Gasteiger partial charge in [-0.15, -0.1) is 0 Å². The van der Waals surface area contributed by atoms with Crippen LogP contribution in [0.25, 0.3) is 0 Å². The van der Waals surface area contributed by atoms with Gasteiger partial charge in [-0.2, -0.15) is 4.98 Å². The average molecular weight is 467 g/mol. The number of aromatic nitrogens is 2. The molecule has 0 fully saturated rings. The summed E-state index contributed by atoms with van der Waals surface area (Å²) < 4.78 is 22.9. The number of carbonyl (C=O) groups is 2. The monoisotopic (exact) mass is 466 g/mol. The summed E-state index contributed by atoms with van der Waals surface area (Å²) in [4.78, 5) is 32.6. The molecule has 4 rings (SSSR count). The molecule has 0 unspecified atom stereocenters. The molecule has 33 heavy (non-hydrogen) atoms. The van der Waals surface area contributed by atoms with E-state index in [1.807, 2.05) is 0 Å². The fourth-order valence-corrected chi connectivity index (χ4v) is 4.34. The van der Waals surface area contributed by atoms with Gasteiger partial charge < -0.3 is 21.7 Å². The summed E-state index contributed by atoms with van der Waals surface area (Å²) in [6.45, 7) is 0.513. The fraction of sp³-hybridized carbons (Fsp3) is 0.182. The van der Waals surface area contributed by atoms with Gasteiger partial charge >= 0.3 is 0 Å². The van der Waals surface area contributed by atoms with Crippen molar-refractivity contribution in [2.45, 2.75) is 12.2 Å². The molecule has 1 aliphatic heterocycles. The average Bonchev–Trinajstić information content (AvgIpc) is 2.75. The number of rotatable bonds is 7. The van der Waals surface area contributed by atoms with E-state index in [2.05, 4.69) is 25.9 Å². The van der Waals surface area contributed by atoms with Gasteiger partial charge in [0.1, 0.15) is 11.4 Å². The van der Waals surface area contributed by atoms with Crippen LogP contribution >= 0.6 is 0 Å². The van der Waals surface area contributed by atoms with Crippen molar-refractivity contribution in [3.05, 3.63) is 70.9 Å². The van der Waals surface area contributed by atoms with Crippen molar-refractivity contribution in [2.24, 2.45) is 5.73 Å². The Labute approximate surface area is 190 Å². The maximum atomic E-state index is 12.1. The van der Waals surface area contributed by atoms with E-state index in [-0.39, 0.29) is 29.0 Å². The van der Waals surface area contributed by atoms with E-state index in [0.717, 1.165) is 5.56 Å². The molecule has 0 saturated carbocycles. The lowest BCUT2D eigenvalue weighted by Crippen LogP contribution is -2.32. The fourth-order valence-electron chi connectivity index (χ4n) is 3.54. The number of benzene rings is 2. The van der Waals surface area contributed by atoms with Gasteiger partial charge in [0.25, 0.3) is 11.8 Å². The zero-order valence-corrected chi connectivity index (χ0v) is 18.6. The largest absolute Gasteiger partial charge is 0.365 e. The van der Waals surface area contributed by atoms with E-state index in [4.69, 9.17) is 5.73 Å². The SMILES string of the molecule is CS(=O)(=O)Cc1ccc(Nc2ncc(C(N)=O)c(Nc3cccc4c3CCNC4=O)n2)cc1. The van der Waals surface area contributed by atoms with Gasteiger partial charge in [0.05, 0.1) is 5.75 Å². The van der Waals surface area contributed by atoms with Crippen molar-refractivity contribution in [1.29, 1.82) is 0 Å². The molecule has 0 bridgehead atoms. The Morgan fingerprint density at radius 3 is 2.61 bits per heavy atom. The van der Waals surface area contributed by atoms with Crippen LogP contribution in [-0.2, 0) is 22.0 Å². The van der Waals surface area contributed by atoms with Crippen LogP contribution in [0.2, 0.25) is 0 Å². The van der Waals surface area contributed by atoms with Crippen LogP contribution in [0.15, 0.2) is 48.7 Å². The summed E-state index contributed by atoms with van der Waals surface area (Å²) in [5, 5.41) is 8.95. The number of hydrogen-bond acceptors (Lipinski definition) is 8. The maximum absolute atomic E-state index is 12.1. The van der Waals surface area contributed by atoms with E-state index in [1.54, 1.807) is 42.5 Å². The van der Waals surface area contributed by atoms with Crippen LogP contribution in [0, 0.1) is 0 Å². The van der Waals surface area contributed by atoms with Crippen molar-refractivity contribution in [1.82, 2.24) is 15.3 Å². The van der Waals surface area contributed by atoms with Gasteiger partial charge in [-0.3, -0.25) is 9.59 Å². The third-order valence-corrected chi connectivity index (χ3v) is 5.89. The Morgan fingerprint density at radius 1 is 1.15 bits per heavy atom. The minimum Gasteiger partial charge on any atom is -0.365 e. The van der Waals surface area contributed by atoms with Gasteiger partial charge in [0.2, 0.25) is 5.95 Å². The Hall–Kier alpha value is -3.99. The molecule has 11 heteroatoms. The summed E-state index contributed by atoms with van der Waals surface area (Å²) in [5.74, 6) is -0.491. The third kappa shape index (κ3) is 5.26. The van der Waals surface area contributed by atoms with Crippen molar-refractivity contribution >= 4 is 44.8 Å². The topological polar surface area (TPSA) is 156 Å². The molecule has 0 spiro atoms. The summed E-state index contributed by atoms with van der Waals surface area (Å²) in [6.07, 6.45) is 3.13. The Bertz CT molecular complexity index is 1340. The van der Waals surface area contributed by atoms with E-state index in [1.165, 1.54) is 12.5 Å². The number of fused-ring (bicyclic) bond motifs is 1. The Kier molecular flexibility index (Phi) is 5.97. The van der Waals surface area contributed by atoms with Crippen molar-refractivity contribution in [3.8, 4) is 0 Å². The molecule has 2 amide bonds. The first-order valence-electron chi connectivity index (χ1n) is 10.1. The molecule has 0 radical (unpaired) electrons. The molecule has 1 aliphatic rings. The van der Waals surface area contributed by atoms with E-state index < -0.39 is 15.7 Å². The van der Waals surface area contributed by atoms with Crippen LogP contribution in [0.3, 0.4) is 0 Å². The first-order chi connectivity index (χ1) is 15.7. The molecule has 10 nitrogen and oxygen atoms in total. The molecule has 0 aliphatic carbocycles. The van der Waals surface area contributed by atoms with Crippen LogP contribution in [0.4, 0.5) is 23.1 Å². The lowest BCUT2D eigenvalue weighted by atomic mass is 9.98. The summed E-state index contributed by atoms with van der Waals surface area (Å²) in [6, 6.07) is 12.1. The van der Waals surface area contributed by atoms with Gasteiger partial charge in [0.15, 0.2) is 9.84 Å².